The van der Waals surface area contributed by atoms with Gasteiger partial charge in [-0.15, -0.1) is 0 Å². The van der Waals surface area contributed by atoms with Crippen LogP contribution in [-0.4, -0.2) is 64.3 Å². The van der Waals surface area contributed by atoms with Crippen LogP contribution in [0.2, 0.25) is 0 Å². The highest BCUT2D eigenvalue weighted by molar-refractivity contribution is 5.89. The van der Waals surface area contributed by atoms with Crippen molar-refractivity contribution < 1.29 is 24.2 Å². The van der Waals surface area contributed by atoms with Crippen molar-refractivity contribution in [1.82, 2.24) is 9.88 Å². The Morgan fingerprint density at radius 2 is 1.60 bits per heavy atom. The van der Waals surface area contributed by atoms with Crippen molar-refractivity contribution in [2.75, 3.05) is 31.1 Å². The highest BCUT2D eigenvalue weighted by Crippen LogP contribution is 2.52. The Bertz CT molecular complexity index is 1420. The first-order valence-corrected chi connectivity index (χ1v) is 13.7. The van der Waals surface area contributed by atoms with Gasteiger partial charge in [0, 0.05) is 67.2 Å². The van der Waals surface area contributed by atoms with Crippen molar-refractivity contribution in [2.45, 2.75) is 37.6 Å². The van der Waals surface area contributed by atoms with Crippen LogP contribution in [0.15, 0.2) is 60.8 Å². The van der Waals surface area contributed by atoms with Crippen molar-refractivity contribution in [3.8, 4) is 6.07 Å². The minimum Gasteiger partial charge on any atom is -0.478 e. The number of carboxylic acids is 2. The molecule has 6 rings (SSSR count). The summed E-state index contributed by atoms with van der Waals surface area (Å²) in [7, 11) is 0. The molecule has 2 heterocycles. The summed E-state index contributed by atoms with van der Waals surface area (Å²) >= 11 is 0. The number of carbonyl (C=O) groups is 2. The fourth-order valence-electron chi connectivity index (χ4n) is 6.85. The Morgan fingerprint density at radius 3 is 2.20 bits per heavy atom. The Kier molecular flexibility index (Phi) is 8.17. The van der Waals surface area contributed by atoms with Gasteiger partial charge in [0.25, 0.3) is 0 Å². The van der Waals surface area contributed by atoms with Gasteiger partial charge in [0.2, 0.25) is 0 Å². The third-order valence-corrected chi connectivity index (χ3v) is 8.69. The standard InChI is InChI=1S/C27H29FN4.C4H4O4/c28-26-15-22(6-5-18(26)16-29)31-7-9-32(10-8-31)23-13-19-11-21(12-20(19)14-23)25-17-30-27-4-2-1-3-24(25)27;5-3(6)1-2-4(7)8/h1-6,15,17,19-21,23,30H,7-14H2;1-2H,(H,5,6)(H,7,8)/b;2-1+. The Morgan fingerprint density at radius 1 is 0.950 bits per heavy atom. The number of anilines is 1. The first-order valence-electron chi connectivity index (χ1n) is 13.7. The predicted octanol–water partition coefficient (Wildman–Crippen LogP) is 4.98. The number of rotatable bonds is 5. The lowest BCUT2D eigenvalue weighted by atomic mass is 9.93. The van der Waals surface area contributed by atoms with E-state index in [4.69, 9.17) is 15.5 Å². The van der Waals surface area contributed by atoms with Gasteiger partial charge in [0.05, 0.1) is 5.56 Å². The van der Waals surface area contributed by atoms with E-state index in [-0.39, 0.29) is 5.56 Å². The number of H-pyrrole nitrogens is 1. The number of para-hydroxylation sites is 1. The van der Waals surface area contributed by atoms with E-state index in [1.165, 1.54) is 48.2 Å². The topological polar surface area (TPSA) is 121 Å². The fourth-order valence-corrected chi connectivity index (χ4v) is 6.85. The summed E-state index contributed by atoms with van der Waals surface area (Å²) < 4.78 is 14.0. The zero-order valence-electron chi connectivity index (χ0n) is 22.2. The molecule has 9 heteroatoms. The zero-order chi connectivity index (χ0) is 28.2. The van der Waals surface area contributed by atoms with Gasteiger partial charge in [-0.25, -0.2) is 14.0 Å². The summed E-state index contributed by atoms with van der Waals surface area (Å²) in [5.41, 5.74) is 3.80. The minimum absolute atomic E-state index is 0.121. The molecule has 1 aromatic heterocycles. The average molecular weight is 545 g/mol. The maximum absolute atomic E-state index is 14.0. The summed E-state index contributed by atoms with van der Waals surface area (Å²) in [6, 6.07) is 16.3. The second-order valence-electron chi connectivity index (χ2n) is 10.9. The molecule has 2 aromatic carbocycles. The number of nitriles is 1. The number of nitrogens with zero attached hydrogens (tertiary/aromatic N) is 3. The predicted molar refractivity (Wildman–Crippen MR) is 150 cm³/mol. The maximum Gasteiger partial charge on any atom is 0.328 e. The zero-order valence-corrected chi connectivity index (χ0v) is 22.2. The van der Waals surface area contributed by atoms with Crippen LogP contribution in [0.4, 0.5) is 10.1 Å². The monoisotopic (exact) mass is 544 g/mol. The first kappa shape index (κ1) is 27.4. The number of aromatic amines is 1. The third kappa shape index (κ3) is 6.02. The number of aliphatic carboxylic acids is 2. The highest BCUT2D eigenvalue weighted by Gasteiger charge is 2.44. The molecule has 3 N–H and O–H groups in total. The van der Waals surface area contributed by atoms with Gasteiger partial charge in [-0.1, -0.05) is 18.2 Å². The van der Waals surface area contributed by atoms with E-state index in [1.807, 2.05) is 12.1 Å². The molecule has 0 spiro atoms. The second kappa shape index (κ2) is 11.9. The van der Waals surface area contributed by atoms with Gasteiger partial charge < -0.3 is 20.1 Å². The second-order valence-corrected chi connectivity index (χ2v) is 10.9. The summed E-state index contributed by atoms with van der Waals surface area (Å²) in [4.78, 5) is 27.5. The summed E-state index contributed by atoms with van der Waals surface area (Å²) in [5.74, 6) is -0.528. The molecule has 1 saturated heterocycles. The van der Waals surface area contributed by atoms with Gasteiger partial charge in [-0.2, -0.15) is 5.26 Å². The SMILES string of the molecule is N#Cc1ccc(N2CCN(C3CC4CC(c5c[nH]c6ccccc56)CC4C3)CC2)cc1F.O=C(O)/C=C/C(=O)O. The van der Waals surface area contributed by atoms with Gasteiger partial charge in [0.15, 0.2) is 0 Å². The number of fused-ring (bicyclic) bond motifs is 2. The number of aromatic nitrogens is 1. The number of carboxylic acid groups (broad SMARTS) is 2. The van der Waals surface area contributed by atoms with E-state index in [2.05, 4.69) is 45.2 Å². The van der Waals surface area contributed by atoms with Crippen LogP contribution in [0.25, 0.3) is 10.9 Å². The van der Waals surface area contributed by atoms with Crippen molar-refractivity contribution in [1.29, 1.82) is 5.26 Å². The van der Waals surface area contributed by atoms with E-state index < -0.39 is 17.8 Å². The average Bonchev–Trinajstić information content (AvgIpc) is 3.66. The summed E-state index contributed by atoms with van der Waals surface area (Å²) in [6.07, 6.45) is 8.68. The molecule has 3 fully saturated rings. The van der Waals surface area contributed by atoms with Crippen molar-refractivity contribution in [3.05, 3.63) is 77.8 Å². The van der Waals surface area contributed by atoms with Gasteiger partial charge in [-0.05, 0) is 73.3 Å². The molecule has 0 bridgehead atoms. The molecule has 8 nitrogen and oxygen atoms in total. The molecule has 2 aliphatic carbocycles. The number of halogens is 1. The number of nitrogens with one attached hydrogen (secondary N) is 1. The molecular formula is C31H33FN4O4. The van der Waals surface area contributed by atoms with Gasteiger partial charge in [-0.3, -0.25) is 4.90 Å². The molecule has 0 radical (unpaired) electrons. The fraction of sp³-hybridized carbons (Fsp3) is 0.387. The molecule has 3 aliphatic rings. The van der Waals surface area contributed by atoms with Crippen LogP contribution in [0.1, 0.15) is 42.7 Å². The van der Waals surface area contributed by atoms with Gasteiger partial charge in [0.1, 0.15) is 11.9 Å². The van der Waals surface area contributed by atoms with Crippen LogP contribution in [0.3, 0.4) is 0 Å². The first-order chi connectivity index (χ1) is 19.3. The highest BCUT2D eigenvalue weighted by atomic mass is 19.1. The number of benzene rings is 2. The lowest BCUT2D eigenvalue weighted by molar-refractivity contribution is -0.134. The quantitative estimate of drug-likeness (QED) is 0.387. The van der Waals surface area contributed by atoms with E-state index in [1.54, 1.807) is 6.07 Å². The van der Waals surface area contributed by atoms with E-state index >= 15 is 0 Å². The van der Waals surface area contributed by atoms with Crippen LogP contribution >= 0.6 is 0 Å². The number of hydrogen-bond donors (Lipinski definition) is 3. The van der Waals surface area contributed by atoms with Crippen LogP contribution in [0, 0.1) is 29.0 Å². The van der Waals surface area contributed by atoms with Crippen molar-refractivity contribution in [2.24, 2.45) is 11.8 Å². The van der Waals surface area contributed by atoms with Crippen molar-refractivity contribution >= 4 is 28.5 Å². The summed E-state index contributed by atoms with van der Waals surface area (Å²) in [6.45, 7) is 3.93. The van der Waals surface area contributed by atoms with E-state index in [0.717, 1.165) is 43.7 Å². The maximum atomic E-state index is 14.0. The lowest BCUT2D eigenvalue weighted by Crippen LogP contribution is -2.50. The largest absolute Gasteiger partial charge is 0.478 e. The molecular weight excluding hydrogens is 511 g/mol. The van der Waals surface area contributed by atoms with E-state index in [0.29, 0.717) is 24.1 Å². The van der Waals surface area contributed by atoms with Crippen LogP contribution < -0.4 is 4.90 Å². The lowest BCUT2D eigenvalue weighted by Gasteiger charge is -2.39. The normalized spacial score (nSPS) is 24.4. The molecule has 208 valence electrons. The van der Waals surface area contributed by atoms with Gasteiger partial charge >= 0.3 is 11.9 Å². The Balaban J connectivity index is 0.000000355. The summed E-state index contributed by atoms with van der Waals surface area (Å²) in [5, 5.41) is 26.0. The molecule has 1 aliphatic heterocycles. The number of piperazine rings is 1. The molecule has 2 unspecified atom stereocenters. The number of hydrogen-bond acceptors (Lipinski definition) is 5. The molecule has 3 aromatic rings. The van der Waals surface area contributed by atoms with Crippen LogP contribution in [-0.2, 0) is 9.59 Å². The third-order valence-electron chi connectivity index (χ3n) is 8.69. The molecule has 2 saturated carbocycles. The van der Waals surface area contributed by atoms with Crippen LogP contribution in [0.5, 0.6) is 0 Å². The smallest absolute Gasteiger partial charge is 0.328 e. The van der Waals surface area contributed by atoms with E-state index in [9.17, 15) is 14.0 Å². The minimum atomic E-state index is -1.26. The Labute approximate surface area is 232 Å². The molecule has 0 amide bonds. The van der Waals surface area contributed by atoms with Crippen molar-refractivity contribution in [3.63, 3.8) is 0 Å². The Hall–Kier alpha value is -4.16. The molecule has 40 heavy (non-hydrogen) atoms. The molecule has 2 atom stereocenters.